The Labute approximate surface area is 120 Å². The molecule has 0 aromatic carbocycles. The van der Waals surface area contributed by atoms with Crippen molar-refractivity contribution in [2.24, 2.45) is 5.41 Å². The number of aliphatic carboxylic acids is 1. The van der Waals surface area contributed by atoms with Gasteiger partial charge >= 0.3 is 12.1 Å². The maximum Gasteiger partial charge on any atom is 0.406 e. The van der Waals surface area contributed by atoms with Gasteiger partial charge in [-0.15, -0.1) is 0 Å². The summed E-state index contributed by atoms with van der Waals surface area (Å²) in [7, 11) is 0. The molecule has 21 heavy (non-hydrogen) atoms. The van der Waals surface area contributed by atoms with Crippen LogP contribution in [0.15, 0.2) is 6.07 Å². The van der Waals surface area contributed by atoms with Gasteiger partial charge in [-0.2, -0.15) is 18.3 Å². The summed E-state index contributed by atoms with van der Waals surface area (Å²) in [5.41, 5.74) is -1.12. The van der Waals surface area contributed by atoms with Crippen molar-refractivity contribution in [1.29, 1.82) is 0 Å². The van der Waals surface area contributed by atoms with Crippen LogP contribution in [0.4, 0.5) is 13.2 Å². The van der Waals surface area contributed by atoms with Crippen molar-refractivity contribution >= 4 is 5.97 Å². The SMILES string of the molecule is CC(C)c1cc(CN2CCC(C(=O)O)(C(F)(F)F)C2)[nH]n1. The van der Waals surface area contributed by atoms with Gasteiger partial charge in [0, 0.05) is 25.3 Å². The molecule has 118 valence electrons. The van der Waals surface area contributed by atoms with Gasteiger partial charge < -0.3 is 5.11 Å². The molecule has 8 heteroatoms. The number of H-pyrrole nitrogens is 1. The number of rotatable bonds is 4. The lowest BCUT2D eigenvalue weighted by Gasteiger charge is -2.27. The molecule has 1 unspecified atom stereocenters. The predicted octanol–water partition coefficient (Wildman–Crippen LogP) is 2.37. The first kappa shape index (κ1) is 15.8. The van der Waals surface area contributed by atoms with E-state index in [1.54, 1.807) is 6.07 Å². The molecule has 1 saturated heterocycles. The zero-order chi connectivity index (χ0) is 15.8. The number of likely N-dealkylation sites (tertiary alicyclic amines) is 1. The van der Waals surface area contributed by atoms with Crippen molar-refractivity contribution in [3.8, 4) is 0 Å². The number of halogens is 3. The minimum absolute atomic E-state index is 0.0990. The maximum absolute atomic E-state index is 13.1. The molecule has 1 atom stereocenters. The van der Waals surface area contributed by atoms with E-state index in [1.165, 1.54) is 4.90 Å². The number of aromatic nitrogens is 2. The summed E-state index contributed by atoms with van der Waals surface area (Å²) in [6, 6.07) is 1.80. The number of aromatic amines is 1. The topological polar surface area (TPSA) is 69.2 Å². The fourth-order valence-corrected chi connectivity index (χ4v) is 2.55. The monoisotopic (exact) mass is 305 g/mol. The first-order valence-corrected chi connectivity index (χ1v) is 6.72. The lowest BCUT2D eigenvalue weighted by molar-refractivity contribution is -0.227. The fraction of sp³-hybridized carbons (Fsp3) is 0.692. The highest BCUT2D eigenvalue weighted by Crippen LogP contribution is 2.45. The highest BCUT2D eigenvalue weighted by molar-refractivity contribution is 5.76. The Balaban J connectivity index is 2.09. The molecule has 0 aliphatic carbocycles. The average molecular weight is 305 g/mol. The van der Waals surface area contributed by atoms with Crippen LogP contribution in [-0.4, -0.2) is 45.4 Å². The molecule has 2 heterocycles. The van der Waals surface area contributed by atoms with Gasteiger partial charge in [-0.25, -0.2) is 0 Å². The normalized spacial score (nSPS) is 23.9. The molecule has 0 saturated carbocycles. The zero-order valence-corrected chi connectivity index (χ0v) is 11.9. The van der Waals surface area contributed by atoms with E-state index in [0.29, 0.717) is 5.69 Å². The summed E-state index contributed by atoms with van der Waals surface area (Å²) in [6.07, 6.45) is -5.17. The van der Waals surface area contributed by atoms with Crippen molar-refractivity contribution in [3.05, 3.63) is 17.5 Å². The Morgan fingerprint density at radius 3 is 2.67 bits per heavy atom. The van der Waals surface area contributed by atoms with E-state index in [0.717, 1.165) is 5.69 Å². The maximum atomic E-state index is 13.1. The number of carbonyl (C=O) groups is 1. The lowest BCUT2D eigenvalue weighted by Crippen LogP contribution is -2.47. The van der Waals surface area contributed by atoms with Gasteiger partial charge in [0.2, 0.25) is 0 Å². The van der Waals surface area contributed by atoms with Crippen molar-refractivity contribution in [2.45, 2.75) is 38.9 Å². The molecule has 1 fully saturated rings. The van der Waals surface area contributed by atoms with E-state index in [4.69, 9.17) is 5.11 Å². The third-order valence-electron chi connectivity index (χ3n) is 3.94. The Hall–Kier alpha value is -1.57. The van der Waals surface area contributed by atoms with Crippen LogP contribution in [-0.2, 0) is 11.3 Å². The first-order chi connectivity index (χ1) is 9.65. The predicted molar refractivity (Wildman–Crippen MR) is 68.7 cm³/mol. The number of alkyl halides is 3. The van der Waals surface area contributed by atoms with Gasteiger partial charge in [0.1, 0.15) is 0 Å². The van der Waals surface area contributed by atoms with Crippen LogP contribution in [0.3, 0.4) is 0 Å². The molecule has 0 amide bonds. The Bertz CT molecular complexity index is 527. The van der Waals surface area contributed by atoms with Crippen LogP contribution < -0.4 is 0 Å². The first-order valence-electron chi connectivity index (χ1n) is 6.72. The highest BCUT2D eigenvalue weighted by atomic mass is 19.4. The van der Waals surface area contributed by atoms with Gasteiger partial charge in [-0.1, -0.05) is 13.8 Å². The standard InChI is InChI=1S/C13H18F3N3O2/c1-8(2)10-5-9(17-18-10)6-19-4-3-12(7-19,11(20)21)13(14,15)16/h5,8H,3-4,6-7H2,1-2H3,(H,17,18)(H,20,21). The lowest BCUT2D eigenvalue weighted by atomic mass is 9.86. The number of hydrogen-bond donors (Lipinski definition) is 2. The summed E-state index contributed by atoms with van der Waals surface area (Å²) in [5, 5.41) is 15.9. The summed E-state index contributed by atoms with van der Waals surface area (Å²) >= 11 is 0. The number of carboxylic acid groups (broad SMARTS) is 1. The number of hydrogen-bond acceptors (Lipinski definition) is 3. The second-order valence-corrected chi connectivity index (χ2v) is 5.82. The quantitative estimate of drug-likeness (QED) is 0.896. The fourth-order valence-electron chi connectivity index (χ4n) is 2.55. The molecule has 1 aromatic rings. The Kier molecular flexibility index (Phi) is 4.01. The minimum Gasteiger partial charge on any atom is -0.481 e. The van der Waals surface area contributed by atoms with Crippen molar-refractivity contribution < 1.29 is 23.1 Å². The Morgan fingerprint density at radius 1 is 1.57 bits per heavy atom. The molecular formula is C13H18F3N3O2. The van der Waals surface area contributed by atoms with Gasteiger partial charge in [-0.05, 0) is 18.4 Å². The zero-order valence-electron chi connectivity index (χ0n) is 11.9. The largest absolute Gasteiger partial charge is 0.481 e. The third kappa shape index (κ3) is 2.90. The van der Waals surface area contributed by atoms with Crippen molar-refractivity contribution in [2.75, 3.05) is 13.1 Å². The molecule has 1 aliphatic heterocycles. The van der Waals surface area contributed by atoms with Gasteiger partial charge in [-0.3, -0.25) is 14.8 Å². The Morgan fingerprint density at radius 2 is 2.24 bits per heavy atom. The summed E-state index contributed by atoms with van der Waals surface area (Å²) in [4.78, 5) is 12.6. The van der Waals surface area contributed by atoms with E-state index in [2.05, 4.69) is 10.2 Å². The van der Waals surface area contributed by atoms with Crippen molar-refractivity contribution in [3.63, 3.8) is 0 Å². The molecule has 0 radical (unpaired) electrons. The smallest absolute Gasteiger partial charge is 0.406 e. The van der Waals surface area contributed by atoms with Crippen molar-refractivity contribution in [1.82, 2.24) is 15.1 Å². The molecule has 0 bridgehead atoms. The summed E-state index contributed by atoms with van der Waals surface area (Å²) in [6.45, 7) is 3.75. The summed E-state index contributed by atoms with van der Waals surface area (Å²) in [5.74, 6) is -1.58. The summed E-state index contributed by atoms with van der Waals surface area (Å²) < 4.78 is 39.2. The molecule has 2 rings (SSSR count). The van der Waals surface area contributed by atoms with E-state index in [1.807, 2.05) is 13.8 Å². The van der Waals surface area contributed by atoms with Crippen LogP contribution in [0.25, 0.3) is 0 Å². The highest BCUT2D eigenvalue weighted by Gasteiger charge is 2.63. The van der Waals surface area contributed by atoms with Crippen LogP contribution in [0.5, 0.6) is 0 Å². The molecule has 1 aromatic heterocycles. The van der Waals surface area contributed by atoms with Crippen LogP contribution in [0.1, 0.15) is 37.6 Å². The van der Waals surface area contributed by atoms with E-state index in [-0.39, 0.29) is 19.0 Å². The molecular weight excluding hydrogens is 287 g/mol. The van der Waals surface area contributed by atoms with Crippen LogP contribution in [0.2, 0.25) is 0 Å². The molecule has 1 aliphatic rings. The van der Waals surface area contributed by atoms with E-state index in [9.17, 15) is 18.0 Å². The second kappa shape index (κ2) is 5.32. The number of nitrogens with one attached hydrogen (secondary N) is 1. The van der Waals surface area contributed by atoms with Crippen LogP contribution in [0, 0.1) is 5.41 Å². The number of nitrogens with zero attached hydrogens (tertiary/aromatic N) is 2. The average Bonchev–Trinajstić information content (AvgIpc) is 2.95. The third-order valence-corrected chi connectivity index (χ3v) is 3.94. The molecule has 2 N–H and O–H groups in total. The van der Waals surface area contributed by atoms with E-state index >= 15 is 0 Å². The van der Waals surface area contributed by atoms with Gasteiger partial charge in [0.15, 0.2) is 5.41 Å². The van der Waals surface area contributed by atoms with E-state index < -0.39 is 30.5 Å². The molecule has 5 nitrogen and oxygen atoms in total. The molecule has 0 spiro atoms. The second-order valence-electron chi connectivity index (χ2n) is 5.82. The van der Waals surface area contributed by atoms with Gasteiger partial charge in [0.25, 0.3) is 0 Å². The minimum atomic E-state index is -4.75. The van der Waals surface area contributed by atoms with Gasteiger partial charge in [0.05, 0.1) is 5.69 Å². The number of carboxylic acids is 1. The van der Waals surface area contributed by atoms with Crippen LogP contribution >= 0.6 is 0 Å².